The van der Waals surface area contributed by atoms with Crippen LogP contribution in [0.5, 0.6) is 5.88 Å². The lowest BCUT2D eigenvalue weighted by Crippen LogP contribution is -2.56. The molecule has 3 fully saturated rings. The Kier molecular flexibility index (Phi) is 7.25. The number of carbonyl (C=O) groups excluding carboxylic acids is 3. The smallest absolute Gasteiger partial charge is 0.411 e. The highest BCUT2D eigenvalue weighted by Crippen LogP contribution is 2.45. The lowest BCUT2D eigenvalue weighted by Gasteiger charge is -2.29. The van der Waals surface area contributed by atoms with Crippen LogP contribution in [0.3, 0.4) is 0 Å². The fourth-order valence-electron chi connectivity index (χ4n) is 5.18. The number of rotatable bonds is 8. The zero-order valence-electron chi connectivity index (χ0n) is 23.7. The van der Waals surface area contributed by atoms with E-state index in [4.69, 9.17) is 9.47 Å². The predicted octanol–water partition coefficient (Wildman–Crippen LogP) is 2.97. The van der Waals surface area contributed by atoms with Crippen LogP contribution in [0.25, 0.3) is 10.8 Å². The molecule has 220 valence electrons. The minimum Gasteiger partial charge on any atom is -0.472 e. The molecule has 5 rings (SSSR count). The Morgan fingerprint density at radius 1 is 1.20 bits per heavy atom. The maximum absolute atomic E-state index is 13.7. The van der Waals surface area contributed by atoms with E-state index in [0.29, 0.717) is 18.7 Å². The summed E-state index contributed by atoms with van der Waals surface area (Å²) in [5.41, 5.74) is -1.24. The number of aryl methyl sites for hydroxylation is 1. The van der Waals surface area contributed by atoms with E-state index in [0.717, 1.165) is 16.3 Å². The molecule has 0 bridgehead atoms. The summed E-state index contributed by atoms with van der Waals surface area (Å²) in [6.45, 7) is 10.9. The average Bonchev–Trinajstić information content (AvgIpc) is 3.80. The number of benzene rings is 1. The molecule has 12 heteroatoms. The van der Waals surface area contributed by atoms with Crippen LogP contribution in [-0.2, 0) is 24.3 Å². The zero-order valence-corrected chi connectivity index (χ0v) is 24.5. The maximum Gasteiger partial charge on any atom is 0.411 e. The number of aromatic nitrogens is 1. The molecule has 3 amide bonds. The summed E-state index contributed by atoms with van der Waals surface area (Å²) >= 11 is 0. The van der Waals surface area contributed by atoms with Crippen LogP contribution in [0.4, 0.5) is 4.79 Å². The van der Waals surface area contributed by atoms with E-state index >= 15 is 0 Å². The minimum absolute atomic E-state index is 0.0526. The molecule has 2 aromatic rings. The Labute approximate surface area is 239 Å². The van der Waals surface area contributed by atoms with E-state index < -0.39 is 62.4 Å². The van der Waals surface area contributed by atoms with Gasteiger partial charge in [0.05, 0.1) is 11.8 Å². The molecular formula is C29H36N4O7S. The lowest BCUT2D eigenvalue weighted by molar-refractivity contribution is -0.131. The summed E-state index contributed by atoms with van der Waals surface area (Å²) in [4.78, 5) is 45.8. The Morgan fingerprint density at radius 3 is 2.56 bits per heavy atom. The molecule has 2 N–H and O–H groups in total. The Balaban J connectivity index is 1.38. The maximum atomic E-state index is 13.7. The second-order valence-corrected chi connectivity index (χ2v) is 14.1. The highest BCUT2D eigenvalue weighted by molar-refractivity contribution is 7.91. The molecule has 1 aromatic carbocycles. The number of hydrogen-bond acceptors (Lipinski definition) is 8. The topological polar surface area (TPSA) is 144 Å². The first-order valence-corrected chi connectivity index (χ1v) is 15.3. The van der Waals surface area contributed by atoms with Crippen molar-refractivity contribution >= 4 is 38.7 Å². The number of amides is 3. The van der Waals surface area contributed by atoms with Gasteiger partial charge in [-0.2, -0.15) is 0 Å². The number of pyridine rings is 1. The first-order valence-electron chi connectivity index (χ1n) is 13.7. The standard InChI is InChI=1S/C29H36N4O7S/c1-6-19-15-29(19,26(35)32-41(37,38)21-9-10-21)31-24(34)23-14-20(16-33(23)27(36)40-28(3,4)5)39-25-22-13-17(2)7-8-18(22)11-12-30-25/h6-8,11-13,19-21,23H,1,9-10,14-16H2,2-5H3,(H,31,34)(H,32,35)/t19-,20?,23?,29-/m1/s1. The Bertz CT molecular complexity index is 1510. The fourth-order valence-corrected chi connectivity index (χ4v) is 6.54. The second-order valence-electron chi connectivity index (χ2n) is 12.1. The number of nitrogens with one attached hydrogen (secondary N) is 2. The van der Waals surface area contributed by atoms with E-state index in [1.54, 1.807) is 27.0 Å². The Hall–Kier alpha value is -3.67. The molecule has 4 atom stereocenters. The molecule has 11 nitrogen and oxygen atoms in total. The van der Waals surface area contributed by atoms with E-state index in [1.165, 1.54) is 11.0 Å². The second kappa shape index (κ2) is 10.3. The van der Waals surface area contributed by atoms with Gasteiger partial charge >= 0.3 is 6.09 Å². The highest BCUT2D eigenvalue weighted by Gasteiger charge is 2.62. The van der Waals surface area contributed by atoms with Gasteiger partial charge in [0.2, 0.25) is 21.8 Å². The van der Waals surface area contributed by atoms with Gasteiger partial charge in [-0.25, -0.2) is 18.2 Å². The lowest BCUT2D eigenvalue weighted by atomic mass is 10.1. The van der Waals surface area contributed by atoms with Gasteiger partial charge in [0.25, 0.3) is 5.91 Å². The van der Waals surface area contributed by atoms with Crippen LogP contribution in [0.2, 0.25) is 0 Å². The van der Waals surface area contributed by atoms with E-state index in [-0.39, 0.29) is 19.4 Å². The molecular weight excluding hydrogens is 548 g/mol. The van der Waals surface area contributed by atoms with Crippen LogP contribution in [0.1, 0.15) is 52.0 Å². The van der Waals surface area contributed by atoms with Crippen LogP contribution in [0, 0.1) is 12.8 Å². The largest absolute Gasteiger partial charge is 0.472 e. The number of sulfonamides is 1. The van der Waals surface area contributed by atoms with Gasteiger partial charge in [0, 0.05) is 23.9 Å². The van der Waals surface area contributed by atoms with Crippen molar-refractivity contribution in [3.63, 3.8) is 0 Å². The van der Waals surface area contributed by atoms with Crippen LogP contribution < -0.4 is 14.8 Å². The van der Waals surface area contributed by atoms with Crippen molar-refractivity contribution in [1.82, 2.24) is 19.9 Å². The highest BCUT2D eigenvalue weighted by atomic mass is 32.2. The molecule has 3 aliphatic rings. The summed E-state index contributed by atoms with van der Waals surface area (Å²) in [5, 5.41) is 3.91. The molecule has 41 heavy (non-hydrogen) atoms. The first kappa shape index (κ1) is 28.8. The van der Waals surface area contributed by atoms with Gasteiger partial charge in [0.1, 0.15) is 23.3 Å². The normalized spacial score (nSPS) is 25.9. The summed E-state index contributed by atoms with van der Waals surface area (Å²) in [5.74, 6) is -1.47. The third-order valence-corrected chi connectivity index (χ3v) is 9.42. The molecule has 2 aliphatic carbocycles. The fraction of sp³-hybridized carbons (Fsp3) is 0.517. The number of ether oxygens (including phenoxy) is 2. The van der Waals surface area contributed by atoms with Gasteiger partial charge in [-0.05, 0) is 64.5 Å². The molecule has 0 spiro atoms. The zero-order chi connectivity index (χ0) is 29.7. The van der Waals surface area contributed by atoms with Gasteiger partial charge < -0.3 is 14.8 Å². The van der Waals surface area contributed by atoms with Gasteiger partial charge in [-0.1, -0.05) is 23.8 Å². The van der Waals surface area contributed by atoms with E-state index in [2.05, 4.69) is 21.6 Å². The third kappa shape index (κ3) is 6.02. The van der Waals surface area contributed by atoms with Gasteiger partial charge in [-0.3, -0.25) is 19.2 Å². The summed E-state index contributed by atoms with van der Waals surface area (Å²) in [6, 6.07) is 6.77. The molecule has 2 heterocycles. The van der Waals surface area contributed by atoms with Crippen molar-refractivity contribution in [3.05, 3.63) is 48.7 Å². The number of fused-ring (bicyclic) bond motifs is 1. The molecule has 1 saturated heterocycles. The predicted molar refractivity (Wildman–Crippen MR) is 152 cm³/mol. The van der Waals surface area contributed by atoms with E-state index in [1.807, 2.05) is 31.2 Å². The van der Waals surface area contributed by atoms with Crippen molar-refractivity contribution in [2.75, 3.05) is 6.54 Å². The van der Waals surface area contributed by atoms with Crippen LogP contribution in [-0.4, -0.2) is 71.3 Å². The molecule has 2 unspecified atom stereocenters. The van der Waals surface area contributed by atoms with Crippen molar-refractivity contribution in [3.8, 4) is 5.88 Å². The van der Waals surface area contributed by atoms with Crippen molar-refractivity contribution in [2.24, 2.45) is 5.92 Å². The van der Waals surface area contributed by atoms with Crippen LogP contribution in [0.15, 0.2) is 43.1 Å². The Morgan fingerprint density at radius 2 is 1.93 bits per heavy atom. The average molecular weight is 585 g/mol. The SMILES string of the molecule is C=C[C@@H]1C[C@]1(NC(=O)C1CC(Oc2nccc3ccc(C)cc23)CN1C(=O)OC(C)(C)C)C(=O)NS(=O)(=O)C1CC1. The summed E-state index contributed by atoms with van der Waals surface area (Å²) < 4.78 is 38.9. The van der Waals surface area contributed by atoms with E-state index in [9.17, 15) is 22.8 Å². The van der Waals surface area contributed by atoms with Crippen molar-refractivity contribution in [2.45, 2.75) is 81.9 Å². The monoisotopic (exact) mass is 584 g/mol. The van der Waals surface area contributed by atoms with Gasteiger partial charge in [-0.15, -0.1) is 6.58 Å². The summed E-state index contributed by atoms with van der Waals surface area (Å²) in [7, 11) is -3.82. The molecule has 2 saturated carbocycles. The van der Waals surface area contributed by atoms with Crippen molar-refractivity contribution < 1.29 is 32.3 Å². The van der Waals surface area contributed by atoms with Gasteiger partial charge in [0.15, 0.2) is 0 Å². The number of nitrogens with zero attached hydrogens (tertiary/aromatic N) is 2. The molecule has 0 radical (unpaired) electrons. The number of likely N-dealkylation sites (tertiary alicyclic amines) is 1. The minimum atomic E-state index is -3.82. The van der Waals surface area contributed by atoms with Crippen molar-refractivity contribution in [1.29, 1.82) is 0 Å². The summed E-state index contributed by atoms with van der Waals surface area (Å²) in [6.07, 6.45) is 3.17. The third-order valence-electron chi connectivity index (χ3n) is 7.61. The first-order chi connectivity index (χ1) is 19.2. The number of hydrogen-bond donors (Lipinski definition) is 2. The van der Waals surface area contributed by atoms with Crippen LogP contribution >= 0.6 is 0 Å². The molecule has 1 aliphatic heterocycles. The molecule has 1 aromatic heterocycles. The quantitative estimate of drug-likeness (QED) is 0.451. The number of carbonyl (C=O) groups is 3.